The first-order valence-electron chi connectivity index (χ1n) is 4.56. The van der Waals surface area contributed by atoms with Crippen LogP contribution in [0.5, 0.6) is 0 Å². The third kappa shape index (κ3) is 2.81. The van der Waals surface area contributed by atoms with Crippen molar-refractivity contribution in [2.45, 2.75) is 45.7 Å². The van der Waals surface area contributed by atoms with E-state index in [1.165, 1.54) is 0 Å². The number of amides is 1. The summed E-state index contributed by atoms with van der Waals surface area (Å²) in [4.78, 5) is 13.2. The number of carbonyl (C=O) groups is 1. The summed E-state index contributed by atoms with van der Waals surface area (Å²) in [5.74, 6) is 0.0312. The highest BCUT2D eigenvalue weighted by molar-refractivity contribution is 5.81. The first kappa shape index (κ1) is 11.4. The average molecular weight is 172 g/mol. The van der Waals surface area contributed by atoms with Gasteiger partial charge < -0.3 is 10.6 Å². The summed E-state index contributed by atoms with van der Waals surface area (Å²) in [6.07, 6.45) is 1.98. The predicted octanol–water partition coefficient (Wildman–Crippen LogP) is 0.981. The smallest absolute Gasteiger partial charge is 0.239 e. The van der Waals surface area contributed by atoms with Gasteiger partial charge in [-0.2, -0.15) is 0 Å². The van der Waals surface area contributed by atoms with Crippen molar-refractivity contribution in [1.29, 1.82) is 0 Å². The zero-order valence-corrected chi connectivity index (χ0v) is 8.50. The maximum atomic E-state index is 11.4. The Morgan fingerprint density at radius 3 is 2.08 bits per heavy atom. The first-order chi connectivity index (χ1) is 5.54. The van der Waals surface area contributed by atoms with Crippen molar-refractivity contribution in [3.8, 4) is 0 Å². The fourth-order valence-corrected chi connectivity index (χ4v) is 1.34. The quantitative estimate of drug-likeness (QED) is 0.687. The van der Waals surface area contributed by atoms with Crippen LogP contribution in [0.2, 0.25) is 0 Å². The van der Waals surface area contributed by atoms with Gasteiger partial charge in [0.2, 0.25) is 5.91 Å². The lowest BCUT2D eigenvalue weighted by molar-refractivity contribution is -0.133. The zero-order valence-electron chi connectivity index (χ0n) is 8.50. The van der Waals surface area contributed by atoms with Gasteiger partial charge in [-0.1, -0.05) is 13.8 Å². The highest BCUT2D eigenvalue weighted by Crippen LogP contribution is 2.06. The van der Waals surface area contributed by atoms with Gasteiger partial charge in [-0.25, -0.2) is 0 Å². The van der Waals surface area contributed by atoms with Crippen LogP contribution in [0.4, 0.5) is 0 Å². The van der Waals surface area contributed by atoms with Gasteiger partial charge in [0.05, 0.1) is 6.04 Å². The number of hydrogen-bond acceptors (Lipinski definition) is 2. The third-order valence-corrected chi connectivity index (χ3v) is 2.23. The minimum Gasteiger partial charge on any atom is -0.341 e. The molecule has 0 fully saturated rings. The molecule has 0 aliphatic rings. The fraction of sp³-hybridized carbons (Fsp3) is 0.889. The monoisotopic (exact) mass is 172 g/mol. The Bertz CT molecular complexity index is 141. The molecule has 72 valence electrons. The Hall–Kier alpha value is -0.570. The van der Waals surface area contributed by atoms with Gasteiger partial charge in [-0.3, -0.25) is 4.79 Å². The fourth-order valence-electron chi connectivity index (χ4n) is 1.34. The van der Waals surface area contributed by atoms with Gasteiger partial charge in [0.1, 0.15) is 0 Å². The molecule has 0 saturated carbocycles. The number of nitrogens with two attached hydrogens (primary N) is 1. The lowest BCUT2D eigenvalue weighted by Gasteiger charge is -2.27. The lowest BCUT2D eigenvalue weighted by Crippen LogP contribution is -2.44. The molecule has 3 heteroatoms. The van der Waals surface area contributed by atoms with Crippen LogP contribution in [-0.4, -0.2) is 29.9 Å². The van der Waals surface area contributed by atoms with Crippen molar-refractivity contribution >= 4 is 5.91 Å². The summed E-state index contributed by atoms with van der Waals surface area (Å²) in [5, 5.41) is 0. The van der Waals surface area contributed by atoms with Crippen LogP contribution >= 0.6 is 0 Å². The van der Waals surface area contributed by atoms with Gasteiger partial charge in [0, 0.05) is 13.1 Å². The van der Waals surface area contributed by atoms with E-state index in [2.05, 4.69) is 13.8 Å². The Balaban J connectivity index is 4.15. The molecule has 12 heavy (non-hydrogen) atoms. The second kappa shape index (κ2) is 5.14. The van der Waals surface area contributed by atoms with Crippen LogP contribution in [0, 0.1) is 0 Å². The van der Waals surface area contributed by atoms with E-state index in [-0.39, 0.29) is 11.9 Å². The molecule has 0 heterocycles. The topological polar surface area (TPSA) is 46.3 Å². The molecule has 0 aromatic carbocycles. The van der Waals surface area contributed by atoms with Crippen LogP contribution in [0.25, 0.3) is 0 Å². The Labute approximate surface area is 74.9 Å². The second-order valence-electron chi connectivity index (χ2n) is 3.21. The molecule has 0 aliphatic carbocycles. The minimum absolute atomic E-state index is 0.0312. The van der Waals surface area contributed by atoms with Gasteiger partial charge in [-0.15, -0.1) is 0 Å². The van der Waals surface area contributed by atoms with Crippen LogP contribution in [0.3, 0.4) is 0 Å². The van der Waals surface area contributed by atoms with E-state index in [1.807, 2.05) is 7.05 Å². The van der Waals surface area contributed by atoms with Crippen molar-refractivity contribution < 1.29 is 4.79 Å². The Kier molecular flexibility index (Phi) is 4.90. The summed E-state index contributed by atoms with van der Waals surface area (Å²) >= 11 is 0. The van der Waals surface area contributed by atoms with Crippen LogP contribution in [-0.2, 0) is 4.79 Å². The molecule has 1 atom stereocenters. The van der Waals surface area contributed by atoms with Crippen LogP contribution < -0.4 is 5.73 Å². The van der Waals surface area contributed by atoms with Gasteiger partial charge in [-0.05, 0) is 19.8 Å². The number of nitrogens with zero attached hydrogens (tertiary/aromatic N) is 1. The molecule has 0 spiro atoms. The number of hydrogen-bond donors (Lipinski definition) is 1. The van der Waals surface area contributed by atoms with Crippen molar-refractivity contribution in [1.82, 2.24) is 4.90 Å². The number of rotatable bonds is 4. The summed E-state index contributed by atoms with van der Waals surface area (Å²) in [6, 6.07) is -0.0425. The van der Waals surface area contributed by atoms with E-state index in [0.29, 0.717) is 6.04 Å². The van der Waals surface area contributed by atoms with Crippen molar-refractivity contribution in [2.75, 3.05) is 7.05 Å². The SMILES string of the molecule is CCC(CC)N(C)C(=O)C(C)N. The summed E-state index contributed by atoms with van der Waals surface area (Å²) < 4.78 is 0. The summed E-state index contributed by atoms with van der Waals surface area (Å²) in [5.41, 5.74) is 5.49. The molecule has 0 radical (unpaired) electrons. The van der Waals surface area contributed by atoms with E-state index in [0.717, 1.165) is 12.8 Å². The van der Waals surface area contributed by atoms with Crippen LogP contribution in [0.15, 0.2) is 0 Å². The standard InChI is InChI=1S/C9H20N2O/c1-5-8(6-2)11(4)9(12)7(3)10/h7-8H,5-6,10H2,1-4H3. The molecule has 0 saturated heterocycles. The van der Waals surface area contributed by atoms with Gasteiger partial charge >= 0.3 is 0 Å². The highest BCUT2D eigenvalue weighted by Gasteiger charge is 2.18. The van der Waals surface area contributed by atoms with Crippen molar-refractivity contribution in [3.05, 3.63) is 0 Å². The Morgan fingerprint density at radius 1 is 1.42 bits per heavy atom. The van der Waals surface area contributed by atoms with Gasteiger partial charge in [0.15, 0.2) is 0 Å². The van der Waals surface area contributed by atoms with E-state index in [1.54, 1.807) is 11.8 Å². The number of carbonyl (C=O) groups excluding carboxylic acids is 1. The molecule has 3 nitrogen and oxygen atoms in total. The maximum Gasteiger partial charge on any atom is 0.239 e. The molecule has 0 aromatic heterocycles. The van der Waals surface area contributed by atoms with E-state index in [4.69, 9.17) is 5.73 Å². The average Bonchev–Trinajstić information content (AvgIpc) is 2.05. The molecule has 0 aliphatic heterocycles. The molecule has 1 amide bonds. The normalized spacial score (nSPS) is 13.2. The van der Waals surface area contributed by atoms with Crippen molar-refractivity contribution in [2.24, 2.45) is 5.73 Å². The third-order valence-electron chi connectivity index (χ3n) is 2.23. The Morgan fingerprint density at radius 2 is 1.83 bits per heavy atom. The zero-order chi connectivity index (χ0) is 9.72. The van der Waals surface area contributed by atoms with Crippen molar-refractivity contribution in [3.63, 3.8) is 0 Å². The molecule has 2 N–H and O–H groups in total. The highest BCUT2D eigenvalue weighted by atomic mass is 16.2. The number of likely N-dealkylation sites (N-methyl/N-ethyl adjacent to an activating group) is 1. The molecule has 0 bridgehead atoms. The molecular formula is C9H20N2O. The molecule has 0 aromatic rings. The predicted molar refractivity (Wildman–Crippen MR) is 50.8 cm³/mol. The summed E-state index contributed by atoms with van der Waals surface area (Å²) in [7, 11) is 1.82. The van der Waals surface area contributed by atoms with E-state index >= 15 is 0 Å². The van der Waals surface area contributed by atoms with E-state index in [9.17, 15) is 4.79 Å². The minimum atomic E-state index is -0.379. The van der Waals surface area contributed by atoms with Crippen LogP contribution in [0.1, 0.15) is 33.6 Å². The second-order valence-corrected chi connectivity index (χ2v) is 3.21. The maximum absolute atomic E-state index is 11.4. The van der Waals surface area contributed by atoms with Gasteiger partial charge in [0.25, 0.3) is 0 Å². The lowest BCUT2D eigenvalue weighted by atomic mass is 10.1. The first-order valence-corrected chi connectivity index (χ1v) is 4.56. The van der Waals surface area contributed by atoms with E-state index < -0.39 is 0 Å². The molecular weight excluding hydrogens is 152 g/mol. The summed E-state index contributed by atoms with van der Waals surface area (Å²) in [6.45, 7) is 5.89. The molecule has 1 unspecified atom stereocenters. The molecule has 0 rings (SSSR count). The largest absolute Gasteiger partial charge is 0.341 e.